The van der Waals surface area contributed by atoms with Gasteiger partial charge in [0.25, 0.3) is 0 Å². The molecule has 10 aromatic rings. The molecule has 2 heteroatoms. The summed E-state index contributed by atoms with van der Waals surface area (Å²) in [6, 6.07) is 82.4. The van der Waals surface area contributed by atoms with E-state index in [2.05, 4.69) is 229 Å². The SMILES string of the molecule is c1ccc(-c2ccc(N(c3ccc4c(c3)sc3cc(-c5ccccc5)ccc34)c3cccc4c3-c3ccccc3C4(c3ccccc3)c3ccccc3)cc2)cc1. The van der Waals surface area contributed by atoms with Crippen LogP contribution in [-0.4, -0.2) is 0 Å². The van der Waals surface area contributed by atoms with Crippen LogP contribution in [-0.2, 0) is 5.41 Å². The second kappa shape index (κ2) is 13.6. The highest BCUT2D eigenvalue weighted by molar-refractivity contribution is 7.25. The molecule has 1 aliphatic rings. The number of fused-ring (bicyclic) bond motifs is 6. The van der Waals surface area contributed by atoms with Crippen LogP contribution >= 0.6 is 11.3 Å². The highest BCUT2D eigenvalue weighted by Crippen LogP contribution is 2.59. The van der Waals surface area contributed by atoms with Crippen LogP contribution in [0.2, 0.25) is 0 Å². The molecule has 1 nitrogen and oxygen atoms in total. The maximum atomic E-state index is 2.48. The number of hydrogen-bond donors (Lipinski definition) is 0. The van der Waals surface area contributed by atoms with Crippen molar-refractivity contribution in [3.63, 3.8) is 0 Å². The average Bonchev–Trinajstić information content (AvgIpc) is 3.81. The molecule has 0 unspecified atom stereocenters. The van der Waals surface area contributed by atoms with Gasteiger partial charge in [0, 0.05) is 37.1 Å². The van der Waals surface area contributed by atoms with Gasteiger partial charge in [0.2, 0.25) is 0 Å². The summed E-state index contributed by atoms with van der Waals surface area (Å²) < 4.78 is 2.57. The van der Waals surface area contributed by atoms with Crippen LogP contribution in [0.1, 0.15) is 22.3 Å². The first-order chi connectivity index (χ1) is 28.3. The first kappa shape index (κ1) is 33.3. The van der Waals surface area contributed by atoms with Crippen molar-refractivity contribution in [2.24, 2.45) is 0 Å². The Morgan fingerprint density at radius 1 is 0.351 bits per heavy atom. The molecule has 1 aromatic heterocycles. The van der Waals surface area contributed by atoms with Crippen molar-refractivity contribution in [2.75, 3.05) is 4.90 Å². The van der Waals surface area contributed by atoms with Gasteiger partial charge in [-0.15, -0.1) is 11.3 Å². The Morgan fingerprint density at radius 3 is 1.51 bits per heavy atom. The zero-order valence-corrected chi connectivity index (χ0v) is 32.0. The van der Waals surface area contributed by atoms with Crippen molar-refractivity contribution in [2.45, 2.75) is 5.41 Å². The Kier molecular flexibility index (Phi) is 7.98. The molecule has 0 saturated heterocycles. The normalized spacial score (nSPS) is 12.7. The monoisotopic (exact) mass is 743 g/mol. The highest BCUT2D eigenvalue weighted by Gasteiger charge is 2.47. The van der Waals surface area contributed by atoms with Crippen LogP contribution < -0.4 is 4.90 Å². The summed E-state index contributed by atoms with van der Waals surface area (Å²) in [6.07, 6.45) is 0. The molecule has 1 aliphatic carbocycles. The second-order valence-corrected chi connectivity index (χ2v) is 15.9. The molecule has 11 rings (SSSR count). The number of hydrogen-bond acceptors (Lipinski definition) is 2. The van der Waals surface area contributed by atoms with Crippen molar-refractivity contribution in [3.05, 3.63) is 247 Å². The Hall–Kier alpha value is -7.00. The van der Waals surface area contributed by atoms with Crippen LogP contribution in [0.3, 0.4) is 0 Å². The van der Waals surface area contributed by atoms with Gasteiger partial charge in [0.05, 0.1) is 11.1 Å². The number of nitrogens with zero attached hydrogens (tertiary/aromatic N) is 1. The van der Waals surface area contributed by atoms with Gasteiger partial charge in [0.1, 0.15) is 0 Å². The van der Waals surface area contributed by atoms with E-state index in [-0.39, 0.29) is 0 Å². The van der Waals surface area contributed by atoms with E-state index in [9.17, 15) is 0 Å². The van der Waals surface area contributed by atoms with E-state index in [1.54, 1.807) is 0 Å². The van der Waals surface area contributed by atoms with Crippen molar-refractivity contribution in [1.82, 2.24) is 0 Å². The third-order valence-electron chi connectivity index (χ3n) is 11.8. The van der Waals surface area contributed by atoms with E-state index < -0.39 is 5.41 Å². The summed E-state index contributed by atoms with van der Waals surface area (Å²) >= 11 is 1.87. The molecule has 0 amide bonds. The lowest BCUT2D eigenvalue weighted by Crippen LogP contribution is -2.28. The fourth-order valence-electron chi connectivity index (χ4n) is 9.24. The summed E-state index contributed by atoms with van der Waals surface area (Å²) in [5.74, 6) is 0. The quantitative estimate of drug-likeness (QED) is 0.157. The lowest BCUT2D eigenvalue weighted by atomic mass is 9.68. The second-order valence-electron chi connectivity index (χ2n) is 14.8. The fourth-order valence-corrected chi connectivity index (χ4v) is 10.4. The van der Waals surface area contributed by atoms with Crippen LogP contribution in [0.25, 0.3) is 53.6 Å². The van der Waals surface area contributed by atoms with Gasteiger partial charge in [-0.2, -0.15) is 0 Å². The van der Waals surface area contributed by atoms with Crippen molar-refractivity contribution < 1.29 is 0 Å². The number of benzene rings is 9. The van der Waals surface area contributed by atoms with Gasteiger partial charge in [-0.25, -0.2) is 0 Å². The van der Waals surface area contributed by atoms with Gasteiger partial charge in [-0.3, -0.25) is 0 Å². The van der Waals surface area contributed by atoms with Crippen LogP contribution in [0, 0.1) is 0 Å². The lowest BCUT2D eigenvalue weighted by Gasteiger charge is -2.34. The summed E-state index contributed by atoms with van der Waals surface area (Å²) in [4.78, 5) is 2.48. The molecular weight excluding hydrogens is 707 g/mol. The molecule has 0 radical (unpaired) electrons. The molecule has 0 atom stereocenters. The molecule has 1 heterocycles. The minimum Gasteiger partial charge on any atom is -0.310 e. The molecule has 0 saturated carbocycles. The molecule has 57 heavy (non-hydrogen) atoms. The Bertz CT molecular complexity index is 3000. The number of rotatable bonds is 7. The largest absolute Gasteiger partial charge is 0.310 e. The highest BCUT2D eigenvalue weighted by atomic mass is 32.1. The van der Waals surface area contributed by atoms with Crippen molar-refractivity contribution >= 4 is 48.6 Å². The Labute approximate surface area is 337 Å². The molecule has 0 fully saturated rings. The molecule has 0 aliphatic heterocycles. The van der Waals surface area contributed by atoms with Gasteiger partial charge in [0.15, 0.2) is 0 Å². The van der Waals surface area contributed by atoms with E-state index in [4.69, 9.17) is 0 Å². The van der Waals surface area contributed by atoms with Gasteiger partial charge in [-0.1, -0.05) is 188 Å². The third kappa shape index (κ3) is 5.37. The van der Waals surface area contributed by atoms with E-state index >= 15 is 0 Å². The standard InChI is InChI=1S/C55H37NS/c1-5-16-38(17-6-1)40-28-31-44(32-29-40)56(45-33-35-47-46-34-30-41(39-18-7-2-8-19-39)36-52(46)57-53(47)37-45)51-27-15-26-50-54(51)48-24-13-14-25-49(48)55(50,42-20-9-3-10-21-42)43-22-11-4-12-23-43/h1-37H. The zero-order chi connectivity index (χ0) is 37.8. The molecule has 9 aromatic carbocycles. The van der Waals surface area contributed by atoms with E-state index in [1.807, 2.05) is 11.3 Å². The summed E-state index contributed by atoms with van der Waals surface area (Å²) in [6.45, 7) is 0. The summed E-state index contributed by atoms with van der Waals surface area (Å²) in [5, 5.41) is 2.58. The molecular formula is C55H37NS. The third-order valence-corrected chi connectivity index (χ3v) is 12.9. The molecule has 0 bridgehead atoms. The maximum absolute atomic E-state index is 2.48. The van der Waals surface area contributed by atoms with E-state index in [1.165, 1.54) is 75.8 Å². The molecule has 0 N–H and O–H groups in total. The van der Waals surface area contributed by atoms with Crippen molar-refractivity contribution in [3.8, 4) is 33.4 Å². The Balaban J connectivity index is 1.15. The predicted molar refractivity (Wildman–Crippen MR) is 242 cm³/mol. The summed E-state index contributed by atoms with van der Waals surface area (Å²) in [7, 11) is 0. The minimum atomic E-state index is -0.487. The van der Waals surface area contributed by atoms with E-state index in [0.29, 0.717) is 0 Å². The minimum absolute atomic E-state index is 0.487. The van der Waals surface area contributed by atoms with Gasteiger partial charge < -0.3 is 4.90 Å². The van der Waals surface area contributed by atoms with Crippen LogP contribution in [0.4, 0.5) is 17.1 Å². The summed E-state index contributed by atoms with van der Waals surface area (Å²) in [5.41, 5.74) is 15.5. The number of anilines is 3. The molecule has 0 spiro atoms. The number of thiophene rings is 1. The maximum Gasteiger partial charge on any atom is 0.0714 e. The fraction of sp³-hybridized carbons (Fsp3) is 0.0182. The van der Waals surface area contributed by atoms with Crippen LogP contribution in [0.5, 0.6) is 0 Å². The Morgan fingerprint density at radius 2 is 0.842 bits per heavy atom. The zero-order valence-electron chi connectivity index (χ0n) is 31.2. The smallest absolute Gasteiger partial charge is 0.0714 e. The van der Waals surface area contributed by atoms with Gasteiger partial charge >= 0.3 is 0 Å². The molecule has 268 valence electrons. The lowest BCUT2D eigenvalue weighted by molar-refractivity contribution is 0.768. The van der Waals surface area contributed by atoms with Gasteiger partial charge in [-0.05, 0) is 86.5 Å². The average molecular weight is 744 g/mol. The predicted octanol–water partition coefficient (Wildman–Crippen LogP) is 15.2. The van der Waals surface area contributed by atoms with Crippen molar-refractivity contribution in [1.29, 1.82) is 0 Å². The topological polar surface area (TPSA) is 3.24 Å². The van der Waals surface area contributed by atoms with E-state index in [0.717, 1.165) is 17.1 Å². The first-order valence-electron chi connectivity index (χ1n) is 19.6. The first-order valence-corrected chi connectivity index (χ1v) is 20.4. The van der Waals surface area contributed by atoms with Crippen LogP contribution in [0.15, 0.2) is 224 Å².